The van der Waals surface area contributed by atoms with Crippen LogP contribution in [0.3, 0.4) is 0 Å². The number of nitrogens with two attached hydrogens (primary N) is 1. The van der Waals surface area contributed by atoms with Crippen molar-refractivity contribution >= 4 is 11.9 Å². The van der Waals surface area contributed by atoms with Crippen LogP contribution < -0.4 is 11.1 Å². The molecule has 0 aromatic heterocycles. The third kappa shape index (κ3) is 5.49. The summed E-state index contributed by atoms with van der Waals surface area (Å²) in [6.45, 7) is 0.627. The van der Waals surface area contributed by atoms with Crippen LogP contribution in [0.5, 0.6) is 0 Å². The summed E-state index contributed by atoms with van der Waals surface area (Å²) in [5.74, 6) is -0.717. The first-order valence-corrected chi connectivity index (χ1v) is 6.86. The van der Waals surface area contributed by atoms with E-state index in [1.54, 1.807) is 0 Å². The van der Waals surface area contributed by atoms with Crippen LogP contribution in [0.15, 0.2) is 0 Å². The lowest BCUT2D eigenvalue weighted by atomic mass is 9.84. The van der Waals surface area contributed by atoms with Crippen molar-refractivity contribution in [2.24, 2.45) is 11.7 Å². The van der Waals surface area contributed by atoms with Gasteiger partial charge in [0.1, 0.15) is 0 Å². The van der Waals surface area contributed by atoms with E-state index in [2.05, 4.69) is 5.32 Å². The Balaban J connectivity index is 2.07. The van der Waals surface area contributed by atoms with Gasteiger partial charge in [-0.05, 0) is 25.7 Å². The number of nitrogens with one attached hydrogen (secondary N) is 1. The fourth-order valence-electron chi connectivity index (χ4n) is 2.41. The molecule has 0 saturated heterocycles. The highest BCUT2D eigenvalue weighted by atomic mass is 16.4. The smallest absolute Gasteiger partial charge is 0.303 e. The quantitative estimate of drug-likeness (QED) is 0.598. The Hall–Kier alpha value is -1.10. The molecule has 1 aliphatic carbocycles. The van der Waals surface area contributed by atoms with Crippen LogP contribution in [-0.4, -0.2) is 29.6 Å². The number of aliphatic carboxylic acids is 1. The molecule has 18 heavy (non-hydrogen) atoms. The molecule has 0 radical (unpaired) electrons. The van der Waals surface area contributed by atoms with Crippen molar-refractivity contribution in [1.82, 2.24) is 5.32 Å². The molecular weight excluding hydrogens is 232 g/mol. The van der Waals surface area contributed by atoms with E-state index in [1.807, 2.05) is 0 Å². The molecule has 5 heteroatoms. The van der Waals surface area contributed by atoms with Crippen LogP contribution in [0.4, 0.5) is 0 Å². The molecule has 104 valence electrons. The Morgan fingerprint density at radius 3 is 2.56 bits per heavy atom. The van der Waals surface area contributed by atoms with Crippen molar-refractivity contribution in [1.29, 1.82) is 0 Å². The fraction of sp³-hybridized carbons (Fsp3) is 0.846. The van der Waals surface area contributed by atoms with E-state index in [9.17, 15) is 9.59 Å². The lowest BCUT2D eigenvalue weighted by Gasteiger charge is -2.27. The number of carbonyl (C=O) groups excluding carboxylic acids is 1. The van der Waals surface area contributed by atoms with Crippen molar-refractivity contribution in [2.75, 3.05) is 6.54 Å². The van der Waals surface area contributed by atoms with Crippen molar-refractivity contribution in [3.8, 4) is 0 Å². The van der Waals surface area contributed by atoms with Crippen LogP contribution in [0, 0.1) is 5.92 Å². The first kappa shape index (κ1) is 15.0. The van der Waals surface area contributed by atoms with Crippen LogP contribution >= 0.6 is 0 Å². The molecule has 0 spiro atoms. The summed E-state index contributed by atoms with van der Waals surface area (Å²) in [4.78, 5) is 22.2. The summed E-state index contributed by atoms with van der Waals surface area (Å²) in [5.41, 5.74) is 5.94. The number of rotatable bonds is 7. The Morgan fingerprint density at radius 2 is 1.89 bits per heavy atom. The van der Waals surface area contributed by atoms with Gasteiger partial charge in [-0.15, -0.1) is 0 Å². The summed E-state index contributed by atoms with van der Waals surface area (Å²) in [7, 11) is 0. The predicted octanol–water partition coefficient (Wildman–Crippen LogP) is 1.27. The molecule has 5 nitrogen and oxygen atoms in total. The van der Waals surface area contributed by atoms with Gasteiger partial charge in [0.05, 0.1) is 5.92 Å². The predicted molar refractivity (Wildman–Crippen MR) is 69.0 cm³/mol. The largest absolute Gasteiger partial charge is 0.481 e. The number of amides is 1. The van der Waals surface area contributed by atoms with Gasteiger partial charge in [0.2, 0.25) is 5.91 Å². The minimum absolute atomic E-state index is 0.00533. The maximum absolute atomic E-state index is 11.9. The van der Waals surface area contributed by atoms with Gasteiger partial charge in [0.25, 0.3) is 0 Å². The first-order chi connectivity index (χ1) is 8.61. The van der Waals surface area contributed by atoms with E-state index in [1.165, 1.54) is 0 Å². The number of carboxylic acid groups (broad SMARTS) is 1. The molecule has 0 heterocycles. The van der Waals surface area contributed by atoms with Crippen LogP contribution in [0.2, 0.25) is 0 Å². The van der Waals surface area contributed by atoms with Gasteiger partial charge in [-0.3, -0.25) is 9.59 Å². The summed E-state index contributed by atoms with van der Waals surface area (Å²) >= 11 is 0. The van der Waals surface area contributed by atoms with E-state index >= 15 is 0 Å². The van der Waals surface area contributed by atoms with Gasteiger partial charge in [0.15, 0.2) is 0 Å². The molecule has 0 aromatic rings. The van der Waals surface area contributed by atoms with Crippen molar-refractivity contribution < 1.29 is 14.7 Å². The van der Waals surface area contributed by atoms with Crippen LogP contribution in [0.25, 0.3) is 0 Å². The van der Waals surface area contributed by atoms with E-state index in [-0.39, 0.29) is 24.3 Å². The summed E-state index contributed by atoms with van der Waals surface area (Å²) in [5, 5.41) is 11.4. The fourth-order valence-corrected chi connectivity index (χ4v) is 2.41. The number of carbonyl (C=O) groups is 2. The van der Waals surface area contributed by atoms with Crippen molar-refractivity contribution in [2.45, 2.75) is 57.4 Å². The number of hydrogen-bond donors (Lipinski definition) is 3. The molecule has 0 aliphatic heterocycles. The van der Waals surface area contributed by atoms with Gasteiger partial charge in [-0.1, -0.05) is 19.3 Å². The Morgan fingerprint density at radius 1 is 1.17 bits per heavy atom. The normalized spacial score (nSPS) is 23.6. The number of carboxylic acids is 1. The topological polar surface area (TPSA) is 92.4 Å². The molecule has 2 atom stereocenters. The summed E-state index contributed by atoms with van der Waals surface area (Å²) in [6, 6.07) is 0.00533. The third-order valence-electron chi connectivity index (χ3n) is 3.52. The van der Waals surface area contributed by atoms with E-state index in [0.717, 1.165) is 38.5 Å². The molecule has 1 saturated carbocycles. The van der Waals surface area contributed by atoms with E-state index in [4.69, 9.17) is 10.8 Å². The zero-order chi connectivity index (χ0) is 13.4. The highest BCUT2D eigenvalue weighted by Gasteiger charge is 2.27. The molecule has 1 amide bonds. The molecule has 2 unspecified atom stereocenters. The second kappa shape index (κ2) is 8.08. The van der Waals surface area contributed by atoms with Crippen LogP contribution in [-0.2, 0) is 9.59 Å². The molecule has 1 rings (SSSR count). The molecule has 0 bridgehead atoms. The lowest BCUT2D eigenvalue weighted by molar-refractivity contribution is -0.137. The average molecular weight is 256 g/mol. The zero-order valence-electron chi connectivity index (χ0n) is 10.9. The van der Waals surface area contributed by atoms with E-state index < -0.39 is 5.97 Å². The molecule has 1 aliphatic rings. The highest BCUT2D eigenvalue weighted by molar-refractivity contribution is 5.79. The minimum atomic E-state index is -0.757. The summed E-state index contributed by atoms with van der Waals surface area (Å²) < 4.78 is 0. The Bertz CT molecular complexity index is 281. The zero-order valence-corrected chi connectivity index (χ0v) is 10.9. The Kier molecular flexibility index (Phi) is 6.72. The highest BCUT2D eigenvalue weighted by Crippen LogP contribution is 2.22. The van der Waals surface area contributed by atoms with Crippen LogP contribution in [0.1, 0.15) is 51.4 Å². The van der Waals surface area contributed by atoms with Gasteiger partial charge < -0.3 is 16.2 Å². The molecule has 4 N–H and O–H groups in total. The van der Waals surface area contributed by atoms with Crippen molar-refractivity contribution in [3.05, 3.63) is 0 Å². The lowest BCUT2D eigenvalue weighted by Crippen LogP contribution is -2.43. The number of hydrogen-bond acceptors (Lipinski definition) is 3. The minimum Gasteiger partial charge on any atom is -0.481 e. The Labute approximate surface area is 108 Å². The number of unbranched alkanes of at least 4 members (excludes halogenated alkanes) is 2. The maximum atomic E-state index is 11.9. The SMILES string of the molecule is NC1CCCCC1C(=O)NCCCCCC(=O)O. The van der Waals surface area contributed by atoms with Gasteiger partial charge in [-0.25, -0.2) is 0 Å². The van der Waals surface area contributed by atoms with Gasteiger partial charge in [0, 0.05) is 19.0 Å². The maximum Gasteiger partial charge on any atom is 0.303 e. The molecule has 0 aromatic carbocycles. The van der Waals surface area contributed by atoms with Crippen molar-refractivity contribution in [3.63, 3.8) is 0 Å². The molecular formula is C13H24N2O3. The van der Waals surface area contributed by atoms with Gasteiger partial charge >= 0.3 is 5.97 Å². The standard InChI is InChI=1S/C13H24N2O3/c14-11-7-4-3-6-10(11)13(18)15-9-5-1-2-8-12(16)17/h10-11H,1-9,14H2,(H,15,18)(H,16,17). The first-order valence-electron chi connectivity index (χ1n) is 6.86. The van der Waals surface area contributed by atoms with E-state index in [0.29, 0.717) is 13.0 Å². The summed E-state index contributed by atoms with van der Waals surface area (Å²) in [6.07, 6.45) is 6.60. The third-order valence-corrected chi connectivity index (χ3v) is 3.52. The van der Waals surface area contributed by atoms with Gasteiger partial charge in [-0.2, -0.15) is 0 Å². The second-order valence-electron chi connectivity index (χ2n) is 5.05. The average Bonchev–Trinajstić information content (AvgIpc) is 2.33. The monoisotopic (exact) mass is 256 g/mol. The second-order valence-corrected chi connectivity index (χ2v) is 5.05. The molecule has 1 fully saturated rings.